The minimum atomic E-state index is -0.252. The number of aliphatic hydroxyl groups is 2. The molecule has 4 fully saturated rings. The molecular weight excluding hydrogens is 446 g/mol. The lowest BCUT2D eigenvalue weighted by atomic mass is 9.43. The highest BCUT2D eigenvalue weighted by Crippen LogP contribution is 2.68. The zero-order valence-electron chi connectivity index (χ0n) is 23.0. The molecule has 36 heavy (non-hydrogen) atoms. The fourth-order valence-electron chi connectivity index (χ4n) is 9.85. The Morgan fingerprint density at radius 1 is 1.03 bits per heavy atom. The third-order valence-corrected chi connectivity index (χ3v) is 12.0. The van der Waals surface area contributed by atoms with Crippen LogP contribution in [0.1, 0.15) is 90.5 Å². The molecule has 1 aromatic carbocycles. The van der Waals surface area contributed by atoms with Crippen LogP contribution in [0.25, 0.3) is 0 Å². The van der Waals surface area contributed by atoms with Gasteiger partial charge in [0.05, 0.1) is 12.2 Å². The second-order valence-corrected chi connectivity index (χ2v) is 13.6. The molecule has 2 N–H and O–H groups in total. The van der Waals surface area contributed by atoms with Gasteiger partial charge in [-0.2, -0.15) is 0 Å². The average molecular weight is 496 g/mol. The molecule has 4 saturated carbocycles. The fraction of sp³-hybridized carbons (Fsp3) is 0.781. The van der Waals surface area contributed by atoms with E-state index in [2.05, 4.69) is 32.9 Å². The van der Waals surface area contributed by atoms with Gasteiger partial charge in [-0.3, -0.25) is 4.79 Å². The lowest BCUT2D eigenvalue weighted by Gasteiger charge is -2.62. The van der Waals surface area contributed by atoms with Gasteiger partial charge in [-0.05, 0) is 110 Å². The number of fused-ring (bicyclic) bond motifs is 5. The Morgan fingerprint density at radius 3 is 2.53 bits per heavy atom. The minimum Gasteiger partial charge on any atom is -0.393 e. The number of aliphatic hydroxyl groups excluding tert-OH is 2. The van der Waals surface area contributed by atoms with Crippen molar-refractivity contribution in [3.63, 3.8) is 0 Å². The van der Waals surface area contributed by atoms with Crippen LogP contribution in [0.2, 0.25) is 0 Å². The summed E-state index contributed by atoms with van der Waals surface area (Å²) in [7, 11) is 1.92. The first kappa shape index (κ1) is 26.2. The summed E-state index contributed by atoms with van der Waals surface area (Å²) in [6.45, 7) is 7.88. The maximum Gasteiger partial charge on any atom is 0.222 e. The first-order valence-corrected chi connectivity index (χ1v) is 14.8. The molecule has 0 radical (unpaired) electrons. The summed E-state index contributed by atoms with van der Waals surface area (Å²) in [4.78, 5) is 14.8. The van der Waals surface area contributed by atoms with Gasteiger partial charge in [0.1, 0.15) is 0 Å². The molecule has 10 atom stereocenters. The molecule has 1 aromatic rings. The molecule has 0 saturated heterocycles. The van der Waals surface area contributed by atoms with Crippen LogP contribution in [0.4, 0.5) is 0 Å². The summed E-state index contributed by atoms with van der Waals surface area (Å²) in [6, 6.07) is 10.2. The zero-order valence-corrected chi connectivity index (χ0v) is 23.0. The molecule has 0 bridgehead atoms. The Kier molecular flexibility index (Phi) is 7.33. The molecule has 0 heterocycles. The summed E-state index contributed by atoms with van der Waals surface area (Å²) in [5.74, 6) is 3.68. The minimum absolute atomic E-state index is 0.0308. The van der Waals surface area contributed by atoms with Gasteiger partial charge >= 0.3 is 0 Å². The van der Waals surface area contributed by atoms with Crippen LogP contribution in [0.3, 0.4) is 0 Å². The molecule has 0 aromatic heterocycles. The molecule has 4 aliphatic carbocycles. The standard InChI is InChI=1S/C32H49NO3/c1-21(10-15-30(36)33(4)20-22-8-6-5-7-9-22)26-13-14-27-25-12-11-23-18-24(34)16-17-31(23,2)28(25)19-29(35)32(26,27)3/h5-9,21,23-29,34-35H,10-20H2,1-4H3/t21-,23-,24-,25+,26-,27+,28+,29+,31+,32-/m1/s1. The number of hydrogen-bond acceptors (Lipinski definition) is 3. The van der Waals surface area contributed by atoms with Crippen LogP contribution >= 0.6 is 0 Å². The van der Waals surface area contributed by atoms with Crippen LogP contribution in [0, 0.1) is 46.3 Å². The molecule has 5 rings (SSSR count). The molecule has 4 aliphatic rings. The molecule has 0 aliphatic heterocycles. The third kappa shape index (κ3) is 4.45. The number of carbonyl (C=O) groups is 1. The van der Waals surface area contributed by atoms with Crippen molar-refractivity contribution in [1.82, 2.24) is 4.90 Å². The first-order valence-electron chi connectivity index (χ1n) is 14.8. The number of benzene rings is 1. The van der Waals surface area contributed by atoms with E-state index in [4.69, 9.17) is 0 Å². The molecular formula is C32H49NO3. The van der Waals surface area contributed by atoms with E-state index in [0.29, 0.717) is 48.5 Å². The van der Waals surface area contributed by atoms with Crippen LogP contribution in [-0.2, 0) is 11.3 Å². The number of nitrogens with zero attached hydrogens (tertiary/aromatic N) is 1. The van der Waals surface area contributed by atoms with Gasteiger partial charge in [-0.1, -0.05) is 51.1 Å². The highest BCUT2D eigenvalue weighted by Gasteiger charge is 2.63. The Bertz CT molecular complexity index is 919. The number of hydrogen-bond donors (Lipinski definition) is 2. The zero-order chi connectivity index (χ0) is 25.7. The summed E-state index contributed by atoms with van der Waals surface area (Å²) < 4.78 is 0. The lowest BCUT2D eigenvalue weighted by Crippen LogP contribution is -2.58. The fourth-order valence-corrected chi connectivity index (χ4v) is 9.85. The van der Waals surface area contributed by atoms with E-state index in [-0.39, 0.29) is 28.9 Å². The molecule has 0 unspecified atom stereocenters. The second kappa shape index (κ2) is 10.1. The summed E-state index contributed by atoms with van der Waals surface area (Å²) >= 11 is 0. The second-order valence-electron chi connectivity index (χ2n) is 13.6. The topological polar surface area (TPSA) is 60.8 Å². The van der Waals surface area contributed by atoms with Crippen LogP contribution in [0.15, 0.2) is 30.3 Å². The van der Waals surface area contributed by atoms with Gasteiger partial charge in [0.15, 0.2) is 0 Å². The largest absolute Gasteiger partial charge is 0.393 e. The third-order valence-electron chi connectivity index (χ3n) is 12.0. The summed E-state index contributed by atoms with van der Waals surface area (Å²) in [6.07, 6.45) is 10.0. The highest BCUT2D eigenvalue weighted by molar-refractivity contribution is 5.75. The van der Waals surface area contributed by atoms with E-state index in [1.165, 1.54) is 31.2 Å². The highest BCUT2D eigenvalue weighted by atomic mass is 16.3. The van der Waals surface area contributed by atoms with Crippen LogP contribution in [-0.4, -0.2) is 40.3 Å². The summed E-state index contributed by atoms with van der Waals surface area (Å²) in [5.41, 5.74) is 1.42. The lowest BCUT2D eigenvalue weighted by molar-refractivity contribution is -0.175. The molecule has 200 valence electrons. The Balaban J connectivity index is 1.23. The van der Waals surface area contributed by atoms with Gasteiger partial charge in [0.25, 0.3) is 0 Å². The molecule has 4 nitrogen and oxygen atoms in total. The van der Waals surface area contributed by atoms with Gasteiger partial charge in [-0.15, -0.1) is 0 Å². The SMILES string of the molecule is C[C@H](CCC(=O)N(C)Cc1ccccc1)[C@H]1CC[C@H]2[C@@H]3CC[C@@H]4C[C@H](O)CC[C@]4(C)[C@H]3C[C@H](O)[C@]12C. The normalized spacial score (nSPS) is 42.7. The van der Waals surface area contributed by atoms with Gasteiger partial charge < -0.3 is 15.1 Å². The van der Waals surface area contributed by atoms with Crippen molar-refractivity contribution >= 4 is 5.91 Å². The number of rotatable bonds is 6. The average Bonchev–Trinajstić information content (AvgIpc) is 3.23. The number of carbonyl (C=O) groups excluding carboxylic acids is 1. The van der Waals surface area contributed by atoms with E-state index in [1.807, 2.05) is 30.1 Å². The van der Waals surface area contributed by atoms with E-state index < -0.39 is 0 Å². The van der Waals surface area contributed by atoms with Gasteiger partial charge in [-0.25, -0.2) is 0 Å². The van der Waals surface area contributed by atoms with Crippen LogP contribution in [0.5, 0.6) is 0 Å². The Morgan fingerprint density at radius 2 is 1.78 bits per heavy atom. The van der Waals surface area contributed by atoms with E-state index in [1.54, 1.807) is 0 Å². The molecule has 0 spiro atoms. The molecule has 4 heteroatoms. The maximum absolute atomic E-state index is 12.9. The smallest absolute Gasteiger partial charge is 0.222 e. The van der Waals surface area contributed by atoms with E-state index in [9.17, 15) is 15.0 Å². The Labute approximate surface area is 218 Å². The van der Waals surface area contributed by atoms with Crippen molar-refractivity contribution in [2.45, 2.75) is 104 Å². The van der Waals surface area contributed by atoms with Crippen molar-refractivity contribution in [3.8, 4) is 0 Å². The predicted octanol–water partition coefficient (Wildman–Crippen LogP) is 6.05. The van der Waals surface area contributed by atoms with Crippen molar-refractivity contribution in [2.24, 2.45) is 46.3 Å². The molecule has 1 amide bonds. The predicted molar refractivity (Wildman–Crippen MR) is 144 cm³/mol. The van der Waals surface area contributed by atoms with Crippen molar-refractivity contribution in [2.75, 3.05) is 7.05 Å². The summed E-state index contributed by atoms with van der Waals surface area (Å²) in [5, 5.41) is 22.1. The number of amides is 1. The Hall–Kier alpha value is -1.39. The van der Waals surface area contributed by atoms with Crippen molar-refractivity contribution in [3.05, 3.63) is 35.9 Å². The first-order chi connectivity index (χ1) is 17.1. The van der Waals surface area contributed by atoms with E-state index >= 15 is 0 Å². The van der Waals surface area contributed by atoms with Gasteiger partial charge in [0.2, 0.25) is 5.91 Å². The van der Waals surface area contributed by atoms with Gasteiger partial charge in [0, 0.05) is 20.0 Å². The maximum atomic E-state index is 12.9. The van der Waals surface area contributed by atoms with E-state index in [0.717, 1.165) is 32.1 Å². The van der Waals surface area contributed by atoms with Crippen molar-refractivity contribution in [1.29, 1.82) is 0 Å². The quantitative estimate of drug-likeness (QED) is 0.505. The van der Waals surface area contributed by atoms with Crippen LogP contribution < -0.4 is 0 Å². The monoisotopic (exact) mass is 495 g/mol. The van der Waals surface area contributed by atoms with Crippen molar-refractivity contribution < 1.29 is 15.0 Å².